The SMILES string of the molecule is CCCCc1ccc(OCC(=O)N/N=C/c2cc(Br)ccc2OC(=O)c2ccc(C)cc2)cc1. The van der Waals surface area contributed by atoms with Gasteiger partial charge >= 0.3 is 5.97 Å². The van der Waals surface area contributed by atoms with Crippen LogP contribution in [0.3, 0.4) is 0 Å². The highest BCUT2D eigenvalue weighted by atomic mass is 79.9. The van der Waals surface area contributed by atoms with Crippen molar-refractivity contribution in [3.63, 3.8) is 0 Å². The number of carbonyl (C=O) groups excluding carboxylic acids is 2. The summed E-state index contributed by atoms with van der Waals surface area (Å²) in [5.41, 5.74) is 5.70. The predicted octanol–water partition coefficient (Wildman–Crippen LogP) is 5.85. The van der Waals surface area contributed by atoms with Gasteiger partial charge in [-0.1, -0.05) is 59.1 Å². The molecule has 0 aliphatic heterocycles. The summed E-state index contributed by atoms with van der Waals surface area (Å²) in [6, 6.07) is 20.0. The highest BCUT2D eigenvalue weighted by Crippen LogP contribution is 2.23. The Morgan fingerprint density at radius 3 is 2.47 bits per heavy atom. The maximum Gasteiger partial charge on any atom is 0.343 e. The van der Waals surface area contributed by atoms with Crippen molar-refractivity contribution in [3.05, 3.63) is 93.5 Å². The van der Waals surface area contributed by atoms with Crippen molar-refractivity contribution in [2.45, 2.75) is 33.1 Å². The van der Waals surface area contributed by atoms with E-state index in [1.165, 1.54) is 11.8 Å². The van der Waals surface area contributed by atoms with Crippen molar-refractivity contribution < 1.29 is 19.1 Å². The van der Waals surface area contributed by atoms with E-state index in [0.29, 0.717) is 22.6 Å². The molecular weight excluding hydrogens is 496 g/mol. The Kier molecular flexibility index (Phi) is 9.40. The third-order valence-corrected chi connectivity index (χ3v) is 5.46. The molecule has 0 aliphatic rings. The lowest BCUT2D eigenvalue weighted by Gasteiger charge is -2.09. The van der Waals surface area contributed by atoms with Crippen LogP contribution in [0.25, 0.3) is 0 Å². The maximum atomic E-state index is 12.5. The third-order valence-electron chi connectivity index (χ3n) is 4.97. The molecule has 0 aromatic heterocycles. The van der Waals surface area contributed by atoms with Crippen LogP contribution in [-0.4, -0.2) is 24.7 Å². The molecule has 3 aromatic rings. The topological polar surface area (TPSA) is 77.0 Å². The minimum atomic E-state index is -0.477. The summed E-state index contributed by atoms with van der Waals surface area (Å²) >= 11 is 3.40. The Morgan fingerprint density at radius 2 is 1.76 bits per heavy atom. The van der Waals surface area contributed by atoms with Crippen LogP contribution in [0.15, 0.2) is 76.3 Å². The molecule has 7 heteroatoms. The Labute approximate surface area is 208 Å². The van der Waals surface area contributed by atoms with Crippen LogP contribution in [0.1, 0.15) is 46.8 Å². The van der Waals surface area contributed by atoms with E-state index in [4.69, 9.17) is 9.47 Å². The van der Waals surface area contributed by atoms with Crippen molar-refractivity contribution in [2.75, 3.05) is 6.61 Å². The van der Waals surface area contributed by atoms with Gasteiger partial charge in [-0.3, -0.25) is 4.79 Å². The monoisotopic (exact) mass is 522 g/mol. The molecule has 3 rings (SSSR count). The number of esters is 1. The van der Waals surface area contributed by atoms with E-state index in [1.54, 1.807) is 30.3 Å². The Hall–Kier alpha value is -3.45. The first-order valence-electron chi connectivity index (χ1n) is 11.1. The molecule has 0 bridgehead atoms. The summed E-state index contributed by atoms with van der Waals surface area (Å²) in [6.07, 6.45) is 4.74. The minimum absolute atomic E-state index is 0.167. The van der Waals surface area contributed by atoms with Crippen LogP contribution in [0.4, 0.5) is 0 Å². The van der Waals surface area contributed by atoms with Gasteiger partial charge in [0.15, 0.2) is 6.61 Å². The number of halogens is 1. The van der Waals surface area contributed by atoms with Gasteiger partial charge in [0.25, 0.3) is 5.91 Å². The summed E-state index contributed by atoms with van der Waals surface area (Å²) < 4.78 is 11.8. The lowest BCUT2D eigenvalue weighted by Crippen LogP contribution is -2.24. The Morgan fingerprint density at radius 1 is 1.03 bits per heavy atom. The van der Waals surface area contributed by atoms with Gasteiger partial charge < -0.3 is 9.47 Å². The number of nitrogens with zero attached hydrogens (tertiary/aromatic N) is 1. The molecule has 0 saturated carbocycles. The normalized spacial score (nSPS) is 10.8. The van der Waals surface area contributed by atoms with E-state index in [9.17, 15) is 9.59 Å². The number of carbonyl (C=O) groups is 2. The molecule has 0 unspecified atom stereocenters. The zero-order valence-electron chi connectivity index (χ0n) is 19.2. The first-order chi connectivity index (χ1) is 16.4. The largest absolute Gasteiger partial charge is 0.484 e. The fraction of sp³-hybridized carbons (Fsp3) is 0.222. The summed E-state index contributed by atoms with van der Waals surface area (Å²) in [6.45, 7) is 3.94. The molecule has 176 valence electrons. The quantitative estimate of drug-likeness (QED) is 0.157. The van der Waals surface area contributed by atoms with E-state index in [2.05, 4.69) is 33.4 Å². The van der Waals surface area contributed by atoms with Crippen molar-refractivity contribution in [1.29, 1.82) is 0 Å². The number of amides is 1. The molecule has 0 spiro atoms. The number of ether oxygens (including phenoxy) is 2. The average molecular weight is 523 g/mol. The molecule has 1 N–H and O–H groups in total. The third kappa shape index (κ3) is 7.85. The van der Waals surface area contributed by atoms with Crippen molar-refractivity contribution in [1.82, 2.24) is 5.43 Å². The average Bonchev–Trinajstić information content (AvgIpc) is 2.84. The number of rotatable bonds is 10. The number of unbranched alkanes of at least 4 members (excludes halogenated alkanes) is 1. The van der Waals surface area contributed by atoms with Crippen LogP contribution in [-0.2, 0) is 11.2 Å². The second-order valence-electron chi connectivity index (χ2n) is 7.77. The van der Waals surface area contributed by atoms with Crippen LogP contribution >= 0.6 is 15.9 Å². The van der Waals surface area contributed by atoms with Crippen LogP contribution in [0.2, 0.25) is 0 Å². The zero-order chi connectivity index (χ0) is 24.3. The van der Waals surface area contributed by atoms with E-state index in [0.717, 1.165) is 29.3 Å². The van der Waals surface area contributed by atoms with Gasteiger partial charge in [0.05, 0.1) is 11.8 Å². The lowest BCUT2D eigenvalue weighted by molar-refractivity contribution is -0.123. The molecule has 0 atom stereocenters. The minimum Gasteiger partial charge on any atom is -0.484 e. The van der Waals surface area contributed by atoms with Crippen molar-refractivity contribution in [3.8, 4) is 11.5 Å². The first-order valence-corrected chi connectivity index (χ1v) is 11.9. The molecule has 0 fully saturated rings. The highest BCUT2D eigenvalue weighted by Gasteiger charge is 2.12. The van der Waals surface area contributed by atoms with Crippen molar-refractivity contribution in [2.24, 2.45) is 5.10 Å². The molecule has 34 heavy (non-hydrogen) atoms. The molecule has 3 aromatic carbocycles. The van der Waals surface area contributed by atoms with E-state index in [1.807, 2.05) is 43.3 Å². The molecule has 1 amide bonds. The number of hydrogen-bond acceptors (Lipinski definition) is 5. The van der Waals surface area contributed by atoms with E-state index >= 15 is 0 Å². The fourth-order valence-electron chi connectivity index (χ4n) is 3.05. The number of hydrazone groups is 1. The predicted molar refractivity (Wildman–Crippen MR) is 137 cm³/mol. The molecule has 0 aliphatic carbocycles. The zero-order valence-corrected chi connectivity index (χ0v) is 20.8. The molecule has 0 saturated heterocycles. The van der Waals surface area contributed by atoms with Gasteiger partial charge in [-0.25, -0.2) is 10.2 Å². The van der Waals surface area contributed by atoms with Gasteiger partial charge in [0.2, 0.25) is 0 Å². The van der Waals surface area contributed by atoms with Crippen LogP contribution in [0, 0.1) is 6.92 Å². The molecule has 0 radical (unpaired) electrons. The summed E-state index contributed by atoms with van der Waals surface area (Å²) in [5, 5.41) is 3.98. The van der Waals surface area contributed by atoms with Gasteiger partial charge in [0.1, 0.15) is 11.5 Å². The summed E-state index contributed by atoms with van der Waals surface area (Å²) in [7, 11) is 0. The van der Waals surface area contributed by atoms with Crippen LogP contribution in [0.5, 0.6) is 11.5 Å². The number of aryl methyl sites for hydroxylation is 2. The summed E-state index contributed by atoms with van der Waals surface area (Å²) in [5.74, 6) is 0.0671. The smallest absolute Gasteiger partial charge is 0.343 e. The standard InChI is InChI=1S/C27H27BrN2O4/c1-3-4-5-20-8-13-24(14-9-20)33-18-26(31)30-29-17-22-16-23(28)12-15-25(22)34-27(32)21-10-6-19(2)7-11-21/h6-17H,3-5,18H2,1-2H3,(H,30,31)/b29-17+. The molecule has 6 nitrogen and oxygen atoms in total. The number of nitrogens with one attached hydrogen (secondary N) is 1. The molecule has 0 heterocycles. The van der Waals surface area contributed by atoms with Crippen LogP contribution < -0.4 is 14.9 Å². The van der Waals surface area contributed by atoms with Crippen molar-refractivity contribution >= 4 is 34.0 Å². The van der Waals surface area contributed by atoms with Gasteiger partial charge in [-0.2, -0.15) is 5.10 Å². The van der Waals surface area contributed by atoms with Gasteiger partial charge in [-0.15, -0.1) is 0 Å². The first kappa shape index (κ1) is 25.2. The van der Waals surface area contributed by atoms with Gasteiger partial charge in [-0.05, 0) is 67.8 Å². The Bertz CT molecular complexity index is 1140. The highest BCUT2D eigenvalue weighted by molar-refractivity contribution is 9.10. The van der Waals surface area contributed by atoms with E-state index in [-0.39, 0.29) is 6.61 Å². The van der Waals surface area contributed by atoms with Gasteiger partial charge in [0, 0.05) is 10.0 Å². The maximum absolute atomic E-state index is 12.5. The second-order valence-corrected chi connectivity index (χ2v) is 8.68. The number of benzene rings is 3. The molecular formula is C27H27BrN2O4. The number of hydrogen-bond donors (Lipinski definition) is 1. The Balaban J connectivity index is 1.55. The lowest BCUT2D eigenvalue weighted by atomic mass is 10.1. The second kappa shape index (κ2) is 12.7. The van der Waals surface area contributed by atoms with E-state index < -0.39 is 11.9 Å². The fourth-order valence-corrected chi connectivity index (χ4v) is 3.43. The summed E-state index contributed by atoms with van der Waals surface area (Å²) in [4.78, 5) is 24.6.